The molecule has 0 amide bonds. The normalized spacial score (nSPS) is 21.1. The van der Waals surface area contributed by atoms with Crippen molar-refractivity contribution in [3.63, 3.8) is 0 Å². The quantitative estimate of drug-likeness (QED) is 0.384. The lowest BCUT2D eigenvalue weighted by Gasteiger charge is -2.25. The molecule has 5 N–H and O–H groups in total. The zero-order valence-electron chi connectivity index (χ0n) is 17.5. The van der Waals surface area contributed by atoms with Crippen molar-refractivity contribution in [1.82, 2.24) is 0 Å². The lowest BCUT2D eigenvalue weighted by Crippen LogP contribution is -2.38. The smallest absolute Gasteiger partial charge is 0.234 e. The van der Waals surface area contributed by atoms with Crippen LogP contribution >= 0.6 is 0 Å². The van der Waals surface area contributed by atoms with Gasteiger partial charge in [0.2, 0.25) is 11.7 Å². The summed E-state index contributed by atoms with van der Waals surface area (Å²) in [5.41, 5.74) is 0.637. The summed E-state index contributed by atoms with van der Waals surface area (Å²) >= 11 is 0. The van der Waals surface area contributed by atoms with Crippen LogP contribution in [0.5, 0.6) is 17.2 Å². The maximum atomic E-state index is 13.1. The van der Waals surface area contributed by atoms with Gasteiger partial charge in [0.15, 0.2) is 23.4 Å². The van der Waals surface area contributed by atoms with Gasteiger partial charge in [-0.25, -0.2) is 0 Å². The first kappa shape index (κ1) is 22.5. The minimum Gasteiger partial charge on any atom is -0.509 e. The number of fused-ring (bicyclic) bond motifs is 1. The fourth-order valence-corrected chi connectivity index (χ4v) is 3.49. The third-order valence-electron chi connectivity index (χ3n) is 5.27. The van der Waals surface area contributed by atoms with E-state index in [4.69, 9.17) is 18.6 Å². The van der Waals surface area contributed by atoms with E-state index in [1.54, 1.807) is 12.1 Å². The van der Waals surface area contributed by atoms with E-state index in [1.807, 2.05) is 0 Å². The Kier molecular flexibility index (Phi) is 6.14. The molecule has 174 valence electrons. The van der Waals surface area contributed by atoms with Crippen molar-refractivity contribution >= 4 is 11.0 Å². The molecule has 1 aliphatic heterocycles. The molecule has 0 fully saturated rings. The van der Waals surface area contributed by atoms with Crippen LogP contribution in [-0.4, -0.2) is 57.7 Å². The largest absolute Gasteiger partial charge is 0.509 e. The minimum atomic E-state index is -1.74. The zero-order valence-corrected chi connectivity index (χ0v) is 17.5. The van der Waals surface area contributed by atoms with E-state index >= 15 is 0 Å². The van der Waals surface area contributed by atoms with Crippen molar-refractivity contribution in [3.05, 3.63) is 64.4 Å². The van der Waals surface area contributed by atoms with Gasteiger partial charge in [0.1, 0.15) is 23.4 Å². The average Bonchev–Trinajstić information content (AvgIpc) is 2.91. The molecule has 3 aromatic rings. The number of rotatable bonds is 5. The van der Waals surface area contributed by atoms with Crippen molar-refractivity contribution in [2.45, 2.75) is 24.9 Å². The van der Waals surface area contributed by atoms with Crippen LogP contribution in [-0.2, 0) is 4.74 Å². The molecular weight excluding hydrogens is 436 g/mol. The Morgan fingerprint density at radius 2 is 1.82 bits per heavy atom. The summed E-state index contributed by atoms with van der Waals surface area (Å²) in [7, 11) is 1.35. The van der Waals surface area contributed by atoms with E-state index in [9.17, 15) is 30.3 Å². The average molecular weight is 458 g/mol. The van der Waals surface area contributed by atoms with Gasteiger partial charge in [0.25, 0.3) is 0 Å². The van der Waals surface area contributed by atoms with Gasteiger partial charge in [0.05, 0.1) is 30.8 Å². The molecule has 4 rings (SSSR count). The summed E-state index contributed by atoms with van der Waals surface area (Å²) < 4.78 is 22.1. The van der Waals surface area contributed by atoms with E-state index in [2.05, 4.69) is 0 Å². The summed E-state index contributed by atoms with van der Waals surface area (Å²) in [6.07, 6.45) is -3.12. The van der Waals surface area contributed by atoms with Gasteiger partial charge in [-0.05, 0) is 23.8 Å². The molecule has 1 aromatic heterocycles. The molecule has 0 saturated heterocycles. The van der Waals surface area contributed by atoms with Crippen LogP contribution in [0.4, 0.5) is 0 Å². The second kappa shape index (κ2) is 9.02. The highest BCUT2D eigenvalue weighted by molar-refractivity contribution is 5.84. The number of aromatic hydroxyl groups is 1. The van der Waals surface area contributed by atoms with Crippen LogP contribution in [0, 0.1) is 0 Å². The van der Waals surface area contributed by atoms with E-state index in [1.165, 1.54) is 37.6 Å². The van der Waals surface area contributed by atoms with Crippen LogP contribution in [0.25, 0.3) is 22.1 Å². The maximum Gasteiger partial charge on any atom is 0.234 e. The molecule has 10 nitrogen and oxygen atoms in total. The number of phenols is 1. The van der Waals surface area contributed by atoms with Crippen molar-refractivity contribution < 1.29 is 44.2 Å². The fourth-order valence-electron chi connectivity index (χ4n) is 3.49. The summed E-state index contributed by atoms with van der Waals surface area (Å²) in [5, 5.41) is 49.3. The number of methoxy groups -OCH3 is 1. The molecule has 10 heteroatoms. The first-order valence-corrected chi connectivity index (χ1v) is 9.97. The third kappa shape index (κ3) is 4.31. The standard InChI is InChI=1S/C23H22O10/c1-30-18-7-14-17(31-10-15(20(14)27)11-2-4-12(25)5-3-11)8-19(18)33-23-22(29)21(28)16(26)6-13(9-24)32-23/h2-5,7-8,10,13,22-26,28-29H,6,9H2,1H3. The van der Waals surface area contributed by atoms with Gasteiger partial charge in [-0.3, -0.25) is 4.79 Å². The lowest BCUT2D eigenvalue weighted by atomic mass is 10.1. The monoisotopic (exact) mass is 458 g/mol. The van der Waals surface area contributed by atoms with E-state index in [0.29, 0.717) is 5.56 Å². The van der Waals surface area contributed by atoms with E-state index < -0.39 is 36.6 Å². The van der Waals surface area contributed by atoms with Crippen LogP contribution in [0.2, 0.25) is 0 Å². The number of ether oxygens (including phenoxy) is 3. The number of aliphatic hydroxyl groups is 4. The molecule has 0 bridgehead atoms. The molecule has 0 aliphatic carbocycles. The van der Waals surface area contributed by atoms with Crippen LogP contribution in [0.15, 0.2) is 63.4 Å². The molecule has 2 aromatic carbocycles. The van der Waals surface area contributed by atoms with E-state index in [0.717, 1.165) is 0 Å². The molecule has 0 saturated carbocycles. The first-order chi connectivity index (χ1) is 15.8. The van der Waals surface area contributed by atoms with Gasteiger partial charge in [0, 0.05) is 12.5 Å². The number of phenolic OH excluding ortho intramolecular Hbond substituents is 1. The number of benzene rings is 2. The van der Waals surface area contributed by atoms with Crippen molar-refractivity contribution in [2.75, 3.05) is 13.7 Å². The first-order valence-electron chi connectivity index (χ1n) is 9.97. The molecule has 1 aliphatic rings. The molecule has 3 unspecified atom stereocenters. The molecule has 33 heavy (non-hydrogen) atoms. The molecule has 3 atom stereocenters. The van der Waals surface area contributed by atoms with Crippen LogP contribution in [0.1, 0.15) is 6.42 Å². The summed E-state index contributed by atoms with van der Waals surface area (Å²) in [5.74, 6) is -1.05. The minimum absolute atomic E-state index is 0.0282. The fraction of sp³-hybridized carbons (Fsp3) is 0.261. The molecule has 0 radical (unpaired) electrons. The van der Waals surface area contributed by atoms with Crippen molar-refractivity contribution in [1.29, 1.82) is 0 Å². The second-order valence-corrected chi connectivity index (χ2v) is 7.43. The van der Waals surface area contributed by atoms with Gasteiger partial charge in [-0.2, -0.15) is 0 Å². The summed E-state index contributed by atoms with van der Waals surface area (Å²) in [4.78, 5) is 13.1. The highest BCUT2D eigenvalue weighted by Gasteiger charge is 2.35. The lowest BCUT2D eigenvalue weighted by molar-refractivity contribution is -0.171. The van der Waals surface area contributed by atoms with Crippen LogP contribution < -0.4 is 14.9 Å². The Labute approximate surface area is 187 Å². The van der Waals surface area contributed by atoms with E-state index in [-0.39, 0.29) is 45.6 Å². The Hall–Kier alpha value is -3.73. The maximum absolute atomic E-state index is 13.1. The molecule has 2 heterocycles. The predicted octanol–water partition coefficient (Wildman–Crippen LogP) is 2.35. The Bertz CT molecular complexity index is 1240. The number of hydrogen-bond acceptors (Lipinski definition) is 10. The Morgan fingerprint density at radius 3 is 2.48 bits per heavy atom. The van der Waals surface area contributed by atoms with Crippen molar-refractivity contribution in [3.8, 4) is 28.4 Å². The van der Waals surface area contributed by atoms with Gasteiger partial charge >= 0.3 is 0 Å². The number of aliphatic hydroxyl groups excluding tert-OH is 4. The molecule has 0 spiro atoms. The van der Waals surface area contributed by atoms with Gasteiger partial charge in [-0.1, -0.05) is 12.1 Å². The SMILES string of the molecule is COc1cc2c(=O)c(-c3ccc(O)cc3)coc2cc1OC1OC(CO)CC(O)=C(O)C1O. The Morgan fingerprint density at radius 1 is 1.09 bits per heavy atom. The second-order valence-electron chi connectivity index (χ2n) is 7.43. The highest BCUT2D eigenvalue weighted by Crippen LogP contribution is 2.35. The van der Waals surface area contributed by atoms with Crippen molar-refractivity contribution in [2.24, 2.45) is 0 Å². The van der Waals surface area contributed by atoms with Gasteiger partial charge in [-0.15, -0.1) is 0 Å². The molecular formula is C23H22O10. The third-order valence-corrected chi connectivity index (χ3v) is 5.27. The summed E-state index contributed by atoms with van der Waals surface area (Å²) in [6.45, 7) is -0.492. The van der Waals surface area contributed by atoms with Crippen LogP contribution in [0.3, 0.4) is 0 Å². The predicted molar refractivity (Wildman–Crippen MR) is 115 cm³/mol. The highest BCUT2D eigenvalue weighted by atomic mass is 16.7. The summed E-state index contributed by atoms with van der Waals surface area (Å²) in [6, 6.07) is 8.84. The topological polar surface area (TPSA) is 159 Å². The number of hydrogen-bond donors (Lipinski definition) is 5. The zero-order chi connectivity index (χ0) is 23.7. The van der Waals surface area contributed by atoms with Gasteiger partial charge < -0.3 is 44.2 Å². The Balaban J connectivity index is 1.74.